The molecule has 0 radical (unpaired) electrons. The second-order valence-corrected chi connectivity index (χ2v) is 4.97. The number of hydrogen-bond acceptors (Lipinski definition) is 1. The summed E-state index contributed by atoms with van der Waals surface area (Å²) in [6, 6.07) is 6.27. The van der Waals surface area contributed by atoms with Crippen LogP contribution in [0.25, 0.3) is 5.69 Å². The van der Waals surface area contributed by atoms with Crippen molar-refractivity contribution in [2.45, 2.75) is 20.3 Å². The maximum atomic E-state index is 5.31. The molecule has 0 fully saturated rings. The molecular weight excluding hydrogens is 284 g/mol. The molecule has 0 amide bonds. The van der Waals surface area contributed by atoms with Crippen molar-refractivity contribution in [3.8, 4) is 5.69 Å². The van der Waals surface area contributed by atoms with Crippen molar-refractivity contribution in [3.05, 3.63) is 44.9 Å². The van der Waals surface area contributed by atoms with Gasteiger partial charge in [-0.05, 0) is 59.2 Å². The molecule has 0 atom stereocenters. The summed E-state index contributed by atoms with van der Waals surface area (Å²) in [4.78, 5) is 3.09. The van der Waals surface area contributed by atoms with Gasteiger partial charge in [0.1, 0.15) is 0 Å². The third kappa shape index (κ3) is 1.99. The number of H-pyrrole nitrogens is 1. The van der Waals surface area contributed by atoms with E-state index < -0.39 is 0 Å². The molecule has 16 heavy (non-hydrogen) atoms. The minimum atomic E-state index is 0.739. The van der Waals surface area contributed by atoms with E-state index in [4.69, 9.17) is 12.2 Å². The van der Waals surface area contributed by atoms with Gasteiger partial charge in [-0.25, -0.2) is 0 Å². The highest BCUT2D eigenvalue weighted by atomic mass is 79.9. The van der Waals surface area contributed by atoms with E-state index in [2.05, 4.69) is 57.5 Å². The normalized spacial score (nSPS) is 10.7. The lowest BCUT2D eigenvalue weighted by Crippen LogP contribution is -2.00. The Hall–Kier alpha value is -0.870. The molecule has 1 aromatic heterocycles. The molecule has 0 spiro atoms. The van der Waals surface area contributed by atoms with Gasteiger partial charge in [0, 0.05) is 16.4 Å². The largest absolute Gasteiger partial charge is 0.337 e. The van der Waals surface area contributed by atoms with Crippen molar-refractivity contribution in [3.63, 3.8) is 0 Å². The Morgan fingerprint density at radius 3 is 2.88 bits per heavy atom. The molecule has 0 aliphatic rings. The van der Waals surface area contributed by atoms with Crippen LogP contribution in [0.2, 0.25) is 0 Å². The Morgan fingerprint density at radius 1 is 1.44 bits per heavy atom. The molecule has 0 aliphatic carbocycles. The minimum Gasteiger partial charge on any atom is -0.337 e. The molecular formula is C12H13BrN2S. The Kier molecular flexibility index (Phi) is 3.30. The molecule has 1 heterocycles. The fraction of sp³-hybridized carbons (Fsp3) is 0.250. The molecule has 0 saturated heterocycles. The number of imidazole rings is 1. The predicted molar refractivity (Wildman–Crippen MR) is 72.8 cm³/mol. The van der Waals surface area contributed by atoms with E-state index in [9.17, 15) is 0 Å². The topological polar surface area (TPSA) is 20.7 Å². The number of aromatic amines is 1. The summed E-state index contributed by atoms with van der Waals surface area (Å²) in [6.07, 6.45) is 2.92. The Morgan fingerprint density at radius 2 is 2.19 bits per heavy atom. The summed E-state index contributed by atoms with van der Waals surface area (Å²) in [5.41, 5.74) is 3.52. The van der Waals surface area contributed by atoms with Crippen LogP contribution in [0, 0.1) is 11.7 Å². The number of benzene rings is 1. The summed E-state index contributed by atoms with van der Waals surface area (Å²) in [6.45, 7) is 4.20. The van der Waals surface area contributed by atoms with E-state index in [1.165, 1.54) is 11.3 Å². The third-order valence-electron chi connectivity index (χ3n) is 2.56. The number of nitrogens with zero attached hydrogens (tertiary/aromatic N) is 1. The van der Waals surface area contributed by atoms with E-state index in [1.54, 1.807) is 0 Å². The number of halogens is 1. The molecule has 0 unspecified atom stereocenters. The molecule has 2 nitrogen and oxygen atoms in total. The molecule has 2 rings (SSSR count). The van der Waals surface area contributed by atoms with Crippen molar-refractivity contribution >= 4 is 28.1 Å². The van der Waals surface area contributed by atoms with Crippen LogP contribution in [0.5, 0.6) is 0 Å². The fourth-order valence-electron chi connectivity index (χ4n) is 1.72. The number of nitrogens with one attached hydrogen (secondary N) is 1. The first-order valence-corrected chi connectivity index (χ1v) is 6.39. The van der Waals surface area contributed by atoms with E-state index in [0.717, 1.165) is 21.4 Å². The highest BCUT2D eigenvalue weighted by Crippen LogP contribution is 2.24. The zero-order valence-corrected chi connectivity index (χ0v) is 11.7. The zero-order valence-electron chi connectivity index (χ0n) is 9.25. The number of rotatable bonds is 2. The highest BCUT2D eigenvalue weighted by Gasteiger charge is 2.08. The third-order valence-corrected chi connectivity index (χ3v) is 3.53. The highest BCUT2D eigenvalue weighted by molar-refractivity contribution is 9.10. The van der Waals surface area contributed by atoms with Crippen LogP contribution >= 0.6 is 28.1 Å². The van der Waals surface area contributed by atoms with Crippen LogP contribution in [0.3, 0.4) is 0 Å². The SMILES string of the molecule is CCc1c[nH]c(=S)n1-c1cc(C)ccc1Br. The predicted octanol–water partition coefficient (Wildman–Crippen LogP) is 4.17. The van der Waals surface area contributed by atoms with E-state index in [1.807, 2.05) is 6.20 Å². The van der Waals surface area contributed by atoms with Gasteiger partial charge in [-0.1, -0.05) is 13.0 Å². The first kappa shape index (κ1) is 11.6. The van der Waals surface area contributed by atoms with Crippen molar-refractivity contribution < 1.29 is 0 Å². The van der Waals surface area contributed by atoms with Crippen molar-refractivity contribution in [2.24, 2.45) is 0 Å². The van der Waals surface area contributed by atoms with Gasteiger partial charge >= 0.3 is 0 Å². The quantitative estimate of drug-likeness (QED) is 0.825. The minimum absolute atomic E-state index is 0.739. The maximum Gasteiger partial charge on any atom is 0.182 e. The number of aryl methyl sites for hydroxylation is 2. The molecule has 0 bridgehead atoms. The van der Waals surface area contributed by atoms with Gasteiger partial charge < -0.3 is 4.98 Å². The zero-order chi connectivity index (χ0) is 11.7. The van der Waals surface area contributed by atoms with Crippen LogP contribution in [0.15, 0.2) is 28.9 Å². The summed E-state index contributed by atoms with van der Waals surface area (Å²) in [7, 11) is 0. The number of hydrogen-bond donors (Lipinski definition) is 1. The molecule has 2 aromatic rings. The Balaban J connectivity index is 2.71. The molecule has 0 saturated carbocycles. The summed E-state index contributed by atoms with van der Waals surface area (Å²) >= 11 is 8.88. The average Bonchev–Trinajstić information content (AvgIpc) is 2.63. The van der Waals surface area contributed by atoms with Crippen molar-refractivity contribution in [2.75, 3.05) is 0 Å². The van der Waals surface area contributed by atoms with Gasteiger partial charge in [-0.3, -0.25) is 4.57 Å². The standard InChI is InChI=1S/C12H13BrN2S/c1-3-9-7-14-12(16)15(9)11-6-8(2)4-5-10(11)13/h4-7H,3H2,1-2H3,(H,14,16). The first-order valence-electron chi connectivity index (χ1n) is 5.19. The van der Waals surface area contributed by atoms with Crippen molar-refractivity contribution in [1.82, 2.24) is 9.55 Å². The molecule has 0 aliphatic heterocycles. The smallest absolute Gasteiger partial charge is 0.182 e. The van der Waals surface area contributed by atoms with Crippen LogP contribution < -0.4 is 0 Å². The molecule has 4 heteroatoms. The lowest BCUT2D eigenvalue weighted by Gasteiger charge is -2.10. The van der Waals surface area contributed by atoms with Crippen LogP contribution in [0.4, 0.5) is 0 Å². The van der Waals surface area contributed by atoms with Gasteiger partial charge in [0.15, 0.2) is 4.77 Å². The molecule has 1 N–H and O–H groups in total. The van der Waals surface area contributed by atoms with E-state index in [-0.39, 0.29) is 0 Å². The summed E-state index contributed by atoms with van der Waals surface area (Å²) in [5.74, 6) is 0. The van der Waals surface area contributed by atoms with Crippen molar-refractivity contribution in [1.29, 1.82) is 0 Å². The van der Waals surface area contributed by atoms with Gasteiger partial charge in [-0.15, -0.1) is 0 Å². The van der Waals surface area contributed by atoms with Gasteiger partial charge in [0.25, 0.3) is 0 Å². The van der Waals surface area contributed by atoms with Crippen LogP contribution in [-0.2, 0) is 6.42 Å². The average molecular weight is 297 g/mol. The van der Waals surface area contributed by atoms with E-state index in [0.29, 0.717) is 0 Å². The van der Waals surface area contributed by atoms with Gasteiger partial charge in [0.05, 0.1) is 5.69 Å². The van der Waals surface area contributed by atoms with Gasteiger partial charge in [0.2, 0.25) is 0 Å². The fourth-order valence-corrected chi connectivity index (χ4v) is 2.42. The second-order valence-electron chi connectivity index (χ2n) is 3.73. The second kappa shape index (κ2) is 4.55. The van der Waals surface area contributed by atoms with Gasteiger partial charge in [-0.2, -0.15) is 0 Å². The summed E-state index contributed by atoms with van der Waals surface area (Å²) < 4.78 is 3.87. The maximum absolute atomic E-state index is 5.31. The molecule has 1 aromatic carbocycles. The first-order chi connectivity index (χ1) is 7.63. The summed E-state index contributed by atoms with van der Waals surface area (Å²) in [5, 5.41) is 0. The van der Waals surface area contributed by atoms with Crippen LogP contribution in [-0.4, -0.2) is 9.55 Å². The molecule has 84 valence electrons. The Bertz CT molecular complexity index is 569. The van der Waals surface area contributed by atoms with E-state index >= 15 is 0 Å². The Labute approximate surface area is 108 Å². The number of aromatic nitrogens is 2. The van der Waals surface area contributed by atoms with Crippen LogP contribution in [0.1, 0.15) is 18.2 Å². The lowest BCUT2D eigenvalue weighted by molar-refractivity contribution is 0.917. The monoisotopic (exact) mass is 296 g/mol. The lowest BCUT2D eigenvalue weighted by atomic mass is 10.2.